The van der Waals surface area contributed by atoms with Crippen molar-refractivity contribution in [2.24, 2.45) is 0 Å². The molecule has 1 aliphatic heterocycles. The molecule has 1 atom stereocenters. The van der Waals surface area contributed by atoms with Crippen molar-refractivity contribution in [3.05, 3.63) is 54.1 Å². The van der Waals surface area contributed by atoms with Gasteiger partial charge in [-0.3, -0.25) is 0 Å². The van der Waals surface area contributed by atoms with Gasteiger partial charge in [-0.15, -0.1) is 0 Å². The molecular formula is C20H25N3O5S. The lowest BCUT2D eigenvalue weighted by molar-refractivity contribution is 0.0675. The standard InChI is InChI=1S/C20H25N3O5S/c1-3-23(13-16-14-27-18-6-4-5-7-19(18)28-16)20(24)22-12-15-8-10-17(11-9-15)29(25,26)21-2/h4-11,16,21H,3,12-14H2,1-2H3,(H,22,24)/t16-/m0/s1. The number of hydrogen-bond acceptors (Lipinski definition) is 5. The summed E-state index contributed by atoms with van der Waals surface area (Å²) < 4.78 is 37.4. The van der Waals surface area contributed by atoms with E-state index in [4.69, 9.17) is 9.47 Å². The van der Waals surface area contributed by atoms with E-state index >= 15 is 0 Å². The van der Waals surface area contributed by atoms with E-state index < -0.39 is 10.0 Å². The number of hydrogen-bond donors (Lipinski definition) is 2. The maximum absolute atomic E-state index is 12.6. The molecule has 2 N–H and O–H groups in total. The molecule has 0 unspecified atom stereocenters. The minimum atomic E-state index is -3.47. The summed E-state index contributed by atoms with van der Waals surface area (Å²) in [5.41, 5.74) is 0.802. The van der Waals surface area contributed by atoms with E-state index in [0.29, 0.717) is 37.7 Å². The van der Waals surface area contributed by atoms with Gasteiger partial charge in [-0.1, -0.05) is 24.3 Å². The molecule has 29 heavy (non-hydrogen) atoms. The van der Waals surface area contributed by atoms with Crippen LogP contribution in [0.25, 0.3) is 0 Å². The Labute approximate surface area is 170 Å². The Morgan fingerprint density at radius 1 is 1.14 bits per heavy atom. The number of likely N-dealkylation sites (N-methyl/N-ethyl adjacent to an activating group) is 1. The van der Waals surface area contributed by atoms with Crippen molar-refractivity contribution in [3.8, 4) is 11.5 Å². The van der Waals surface area contributed by atoms with Gasteiger partial charge in [0.2, 0.25) is 10.0 Å². The van der Waals surface area contributed by atoms with Crippen LogP contribution in [0.3, 0.4) is 0 Å². The molecule has 2 aromatic rings. The average Bonchev–Trinajstić information content (AvgIpc) is 2.76. The summed E-state index contributed by atoms with van der Waals surface area (Å²) >= 11 is 0. The molecule has 3 rings (SSSR count). The number of benzene rings is 2. The first-order valence-electron chi connectivity index (χ1n) is 9.36. The largest absolute Gasteiger partial charge is 0.486 e. The molecule has 0 spiro atoms. The van der Waals surface area contributed by atoms with Crippen molar-refractivity contribution in [1.29, 1.82) is 0 Å². The Morgan fingerprint density at radius 3 is 2.48 bits per heavy atom. The van der Waals surface area contributed by atoms with Crippen molar-refractivity contribution in [2.75, 3.05) is 26.7 Å². The van der Waals surface area contributed by atoms with Crippen LogP contribution in [0.2, 0.25) is 0 Å². The molecule has 1 heterocycles. The van der Waals surface area contributed by atoms with Gasteiger partial charge >= 0.3 is 6.03 Å². The Kier molecular flexibility index (Phi) is 6.60. The Hall–Kier alpha value is -2.78. The molecule has 9 heteroatoms. The van der Waals surface area contributed by atoms with Gasteiger partial charge in [0.05, 0.1) is 11.4 Å². The smallest absolute Gasteiger partial charge is 0.317 e. The highest BCUT2D eigenvalue weighted by molar-refractivity contribution is 7.89. The summed E-state index contributed by atoms with van der Waals surface area (Å²) in [7, 11) is -2.11. The number of sulfonamides is 1. The van der Waals surface area contributed by atoms with E-state index in [1.54, 1.807) is 17.0 Å². The van der Waals surface area contributed by atoms with Gasteiger partial charge in [-0.2, -0.15) is 0 Å². The van der Waals surface area contributed by atoms with Crippen LogP contribution in [0.1, 0.15) is 12.5 Å². The molecular weight excluding hydrogens is 394 g/mol. The first kappa shape index (κ1) is 20.9. The number of para-hydroxylation sites is 2. The maximum atomic E-state index is 12.6. The molecule has 1 aliphatic rings. The SMILES string of the molecule is CCN(C[C@H]1COc2ccccc2O1)C(=O)NCc1ccc(S(=O)(=O)NC)cc1. The normalized spacial score (nSPS) is 15.6. The fourth-order valence-corrected chi connectivity index (χ4v) is 3.68. The van der Waals surface area contributed by atoms with Crippen molar-refractivity contribution >= 4 is 16.1 Å². The lowest BCUT2D eigenvalue weighted by Gasteiger charge is -2.31. The first-order valence-corrected chi connectivity index (χ1v) is 10.8. The Bertz CT molecular complexity index is 947. The molecule has 0 aliphatic carbocycles. The number of nitrogens with zero attached hydrogens (tertiary/aromatic N) is 1. The molecule has 8 nitrogen and oxygen atoms in total. The second-order valence-corrected chi connectivity index (χ2v) is 8.43. The molecule has 0 aromatic heterocycles. The van der Waals surface area contributed by atoms with Crippen LogP contribution in [0.5, 0.6) is 11.5 Å². The van der Waals surface area contributed by atoms with Gasteiger partial charge in [-0.05, 0) is 43.8 Å². The van der Waals surface area contributed by atoms with Crippen LogP contribution in [-0.2, 0) is 16.6 Å². The summed E-state index contributed by atoms with van der Waals surface area (Å²) in [6.07, 6.45) is -0.248. The number of carbonyl (C=O) groups excluding carboxylic acids is 1. The summed E-state index contributed by atoms with van der Waals surface area (Å²) in [6, 6.07) is 13.6. The number of rotatable bonds is 7. The van der Waals surface area contributed by atoms with Crippen LogP contribution in [-0.4, -0.2) is 52.2 Å². The number of ether oxygens (including phenoxy) is 2. The zero-order valence-corrected chi connectivity index (χ0v) is 17.2. The molecule has 0 radical (unpaired) electrons. The number of urea groups is 1. The van der Waals surface area contributed by atoms with E-state index in [0.717, 1.165) is 5.56 Å². The molecule has 0 saturated heterocycles. The van der Waals surface area contributed by atoms with E-state index in [9.17, 15) is 13.2 Å². The van der Waals surface area contributed by atoms with Gasteiger partial charge in [0.15, 0.2) is 17.6 Å². The zero-order valence-electron chi connectivity index (χ0n) is 16.4. The minimum Gasteiger partial charge on any atom is -0.486 e. The van der Waals surface area contributed by atoms with Gasteiger partial charge in [0.1, 0.15) is 6.61 Å². The Balaban J connectivity index is 1.54. The summed E-state index contributed by atoms with van der Waals surface area (Å²) in [4.78, 5) is 14.4. The van der Waals surface area contributed by atoms with E-state index in [-0.39, 0.29) is 17.0 Å². The zero-order chi connectivity index (χ0) is 20.9. The average molecular weight is 420 g/mol. The van der Waals surface area contributed by atoms with E-state index in [1.807, 2.05) is 31.2 Å². The quantitative estimate of drug-likeness (QED) is 0.715. The highest BCUT2D eigenvalue weighted by atomic mass is 32.2. The fraction of sp³-hybridized carbons (Fsp3) is 0.350. The number of carbonyl (C=O) groups is 1. The van der Waals surface area contributed by atoms with Crippen LogP contribution in [0, 0.1) is 0 Å². The third-order valence-electron chi connectivity index (χ3n) is 4.61. The maximum Gasteiger partial charge on any atom is 0.317 e. The fourth-order valence-electron chi connectivity index (χ4n) is 2.95. The van der Waals surface area contributed by atoms with E-state index in [2.05, 4.69) is 10.0 Å². The van der Waals surface area contributed by atoms with Crippen LogP contribution in [0.4, 0.5) is 4.79 Å². The van der Waals surface area contributed by atoms with Crippen molar-refractivity contribution in [3.63, 3.8) is 0 Å². The van der Waals surface area contributed by atoms with Crippen molar-refractivity contribution < 1.29 is 22.7 Å². The third kappa shape index (κ3) is 5.18. The third-order valence-corrected chi connectivity index (χ3v) is 6.04. The number of amides is 2. The van der Waals surface area contributed by atoms with Crippen molar-refractivity contribution in [2.45, 2.75) is 24.5 Å². The molecule has 156 valence electrons. The summed E-state index contributed by atoms with van der Waals surface area (Å²) in [5.74, 6) is 1.39. The monoisotopic (exact) mass is 419 g/mol. The molecule has 0 fully saturated rings. The predicted octanol–water partition coefficient (Wildman–Crippen LogP) is 1.97. The highest BCUT2D eigenvalue weighted by Gasteiger charge is 2.24. The summed E-state index contributed by atoms with van der Waals surface area (Å²) in [5, 5.41) is 2.86. The first-order chi connectivity index (χ1) is 13.9. The molecule has 0 saturated carbocycles. The minimum absolute atomic E-state index is 0.181. The van der Waals surface area contributed by atoms with Crippen molar-refractivity contribution in [1.82, 2.24) is 14.9 Å². The van der Waals surface area contributed by atoms with Crippen LogP contribution < -0.4 is 19.5 Å². The van der Waals surface area contributed by atoms with Gasteiger partial charge in [-0.25, -0.2) is 17.9 Å². The number of nitrogens with one attached hydrogen (secondary N) is 2. The van der Waals surface area contributed by atoms with Gasteiger partial charge in [0, 0.05) is 13.1 Å². The molecule has 2 aromatic carbocycles. The highest BCUT2D eigenvalue weighted by Crippen LogP contribution is 2.31. The number of fused-ring (bicyclic) bond motifs is 1. The lowest BCUT2D eigenvalue weighted by atomic mass is 10.2. The topological polar surface area (TPSA) is 97.0 Å². The second-order valence-electron chi connectivity index (χ2n) is 6.55. The lowest BCUT2D eigenvalue weighted by Crippen LogP contribution is -2.47. The molecule has 0 bridgehead atoms. The summed E-state index contributed by atoms with van der Waals surface area (Å²) in [6.45, 7) is 3.49. The van der Waals surface area contributed by atoms with Gasteiger partial charge in [0.25, 0.3) is 0 Å². The molecule has 2 amide bonds. The predicted molar refractivity (Wildman–Crippen MR) is 109 cm³/mol. The van der Waals surface area contributed by atoms with E-state index in [1.165, 1.54) is 19.2 Å². The van der Waals surface area contributed by atoms with Gasteiger partial charge < -0.3 is 19.7 Å². The van der Waals surface area contributed by atoms with Crippen LogP contribution >= 0.6 is 0 Å². The second kappa shape index (κ2) is 9.15. The Morgan fingerprint density at radius 2 is 1.83 bits per heavy atom. The van der Waals surface area contributed by atoms with Crippen LogP contribution in [0.15, 0.2) is 53.4 Å².